The highest BCUT2D eigenvalue weighted by atomic mass is 16.2. The quantitative estimate of drug-likeness (QED) is 0.701. The van der Waals surface area contributed by atoms with Gasteiger partial charge in [-0.05, 0) is 13.3 Å². The average molecular weight is 197 g/mol. The van der Waals surface area contributed by atoms with Gasteiger partial charge in [-0.15, -0.1) is 0 Å². The lowest BCUT2D eigenvalue weighted by Crippen LogP contribution is -2.38. The van der Waals surface area contributed by atoms with Gasteiger partial charge in [0.25, 0.3) is 0 Å². The minimum atomic E-state index is -0.126. The van der Waals surface area contributed by atoms with Crippen molar-refractivity contribution in [3.05, 3.63) is 0 Å². The fourth-order valence-electron chi connectivity index (χ4n) is 1.30. The molecule has 0 aliphatic rings. The second-order valence-electron chi connectivity index (χ2n) is 3.59. The highest BCUT2D eigenvalue weighted by Crippen LogP contribution is 2.06. The maximum absolute atomic E-state index is 11.7. The first-order valence-electron chi connectivity index (χ1n) is 4.91. The van der Waals surface area contributed by atoms with Gasteiger partial charge < -0.3 is 10.6 Å². The van der Waals surface area contributed by atoms with Gasteiger partial charge in [0, 0.05) is 20.1 Å². The van der Waals surface area contributed by atoms with Gasteiger partial charge in [-0.25, -0.2) is 0 Å². The summed E-state index contributed by atoms with van der Waals surface area (Å²) in [6.45, 7) is 4.59. The molecule has 2 atom stereocenters. The van der Waals surface area contributed by atoms with Crippen molar-refractivity contribution in [3.63, 3.8) is 0 Å². The summed E-state index contributed by atoms with van der Waals surface area (Å²) in [6.07, 6.45) is 0.751. The highest BCUT2D eigenvalue weighted by Gasteiger charge is 2.19. The van der Waals surface area contributed by atoms with E-state index in [2.05, 4.69) is 6.07 Å². The van der Waals surface area contributed by atoms with Crippen LogP contribution in [-0.2, 0) is 4.79 Å². The van der Waals surface area contributed by atoms with E-state index in [0.717, 1.165) is 6.42 Å². The van der Waals surface area contributed by atoms with Crippen molar-refractivity contribution in [2.75, 3.05) is 20.1 Å². The van der Waals surface area contributed by atoms with Crippen molar-refractivity contribution in [1.29, 1.82) is 5.26 Å². The molecule has 2 unspecified atom stereocenters. The number of hydrogen-bond acceptors (Lipinski definition) is 3. The molecule has 0 heterocycles. The Morgan fingerprint density at radius 3 is 2.57 bits per heavy atom. The maximum Gasteiger partial charge on any atom is 0.226 e. The molecule has 0 radical (unpaired) electrons. The van der Waals surface area contributed by atoms with E-state index >= 15 is 0 Å². The molecule has 0 aromatic carbocycles. The van der Waals surface area contributed by atoms with Gasteiger partial charge in [0.2, 0.25) is 5.91 Å². The van der Waals surface area contributed by atoms with Crippen LogP contribution < -0.4 is 5.73 Å². The van der Waals surface area contributed by atoms with E-state index in [1.807, 2.05) is 6.92 Å². The number of rotatable bonds is 5. The predicted octanol–water partition coefficient (Wildman–Crippen LogP) is 0.589. The Labute approximate surface area is 85.7 Å². The molecule has 14 heavy (non-hydrogen) atoms. The van der Waals surface area contributed by atoms with E-state index in [9.17, 15) is 4.79 Å². The van der Waals surface area contributed by atoms with Crippen LogP contribution in [0.4, 0.5) is 0 Å². The molecular formula is C10H19N3O. The normalized spacial score (nSPS) is 14.2. The molecule has 4 heteroatoms. The van der Waals surface area contributed by atoms with Crippen molar-refractivity contribution < 1.29 is 4.79 Å². The van der Waals surface area contributed by atoms with Gasteiger partial charge in [-0.1, -0.05) is 6.92 Å². The first-order chi connectivity index (χ1) is 6.56. The molecule has 0 spiro atoms. The minimum Gasteiger partial charge on any atom is -0.344 e. The van der Waals surface area contributed by atoms with Crippen molar-refractivity contribution >= 4 is 5.91 Å². The molecule has 0 aliphatic carbocycles. The van der Waals surface area contributed by atoms with Crippen molar-refractivity contribution in [3.8, 4) is 6.07 Å². The van der Waals surface area contributed by atoms with Crippen LogP contribution in [0.2, 0.25) is 0 Å². The van der Waals surface area contributed by atoms with E-state index in [0.29, 0.717) is 13.1 Å². The van der Waals surface area contributed by atoms with E-state index in [4.69, 9.17) is 11.0 Å². The van der Waals surface area contributed by atoms with E-state index in [-0.39, 0.29) is 17.7 Å². The number of nitrogens with two attached hydrogens (primary N) is 1. The monoisotopic (exact) mass is 197 g/mol. The molecule has 4 nitrogen and oxygen atoms in total. The molecule has 0 saturated carbocycles. The Bertz CT molecular complexity index is 218. The zero-order chi connectivity index (χ0) is 11.1. The number of nitriles is 1. The summed E-state index contributed by atoms with van der Waals surface area (Å²) in [7, 11) is 1.72. The third-order valence-electron chi connectivity index (χ3n) is 2.27. The van der Waals surface area contributed by atoms with Crippen LogP contribution in [0.3, 0.4) is 0 Å². The second-order valence-corrected chi connectivity index (χ2v) is 3.59. The summed E-state index contributed by atoms with van der Waals surface area (Å²) in [5.41, 5.74) is 5.47. The lowest BCUT2D eigenvalue weighted by atomic mass is 10.0. The fourth-order valence-corrected chi connectivity index (χ4v) is 1.30. The highest BCUT2D eigenvalue weighted by molar-refractivity contribution is 5.78. The maximum atomic E-state index is 11.7. The van der Waals surface area contributed by atoms with E-state index in [1.165, 1.54) is 0 Å². The lowest BCUT2D eigenvalue weighted by molar-refractivity contribution is -0.134. The van der Waals surface area contributed by atoms with Gasteiger partial charge in [0.15, 0.2) is 0 Å². The number of hydrogen-bond donors (Lipinski definition) is 1. The molecule has 0 bridgehead atoms. The number of carbonyl (C=O) groups excluding carboxylic acids is 1. The minimum absolute atomic E-state index is 0.0390. The molecule has 1 amide bonds. The van der Waals surface area contributed by atoms with Crippen LogP contribution in [0, 0.1) is 23.2 Å². The first kappa shape index (κ1) is 12.9. The second kappa shape index (κ2) is 6.39. The Balaban J connectivity index is 4.18. The topological polar surface area (TPSA) is 70.1 Å². The molecule has 80 valence electrons. The summed E-state index contributed by atoms with van der Waals surface area (Å²) in [4.78, 5) is 13.3. The Kier molecular flexibility index (Phi) is 5.89. The zero-order valence-corrected chi connectivity index (χ0v) is 9.16. The Morgan fingerprint density at radius 2 is 2.21 bits per heavy atom. The van der Waals surface area contributed by atoms with Crippen molar-refractivity contribution in [2.45, 2.75) is 20.3 Å². The van der Waals surface area contributed by atoms with Gasteiger partial charge >= 0.3 is 0 Å². The van der Waals surface area contributed by atoms with Crippen LogP contribution in [-0.4, -0.2) is 30.9 Å². The standard InChI is InChI=1S/C10H19N3O/c1-4-9(6-12)10(14)13(3)7-8(2)5-11/h8-9H,4,6-7,12H2,1-3H3. The fraction of sp³-hybridized carbons (Fsp3) is 0.800. The third-order valence-corrected chi connectivity index (χ3v) is 2.27. The zero-order valence-electron chi connectivity index (χ0n) is 9.16. The molecule has 0 aromatic heterocycles. The molecule has 0 fully saturated rings. The SMILES string of the molecule is CCC(CN)C(=O)N(C)CC(C)C#N. The van der Waals surface area contributed by atoms with E-state index in [1.54, 1.807) is 18.9 Å². The number of nitrogens with zero attached hydrogens (tertiary/aromatic N) is 2. The lowest BCUT2D eigenvalue weighted by Gasteiger charge is -2.22. The largest absolute Gasteiger partial charge is 0.344 e. The van der Waals surface area contributed by atoms with Gasteiger partial charge in [0.1, 0.15) is 0 Å². The average Bonchev–Trinajstić information content (AvgIpc) is 2.19. The number of amides is 1. The molecule has 0 aromatic rings. The summed E-state index contributed by atoms with van der Waals surface area (Å²) < 4.78 is 0. The summed E-state index contributed by atoms with van der Waals surface area (Å²) in [5, 5.41) is 8.61. The number of carbonyl (C=O) groups is 1. The predicted molar refractivity (Wildman–Crippen MR) is 55.2 cm³/mol. The van der Waals surface area contributed by atoms with Gasteiger partial charge in [-0.2, -0.15) is 5.26 Å². The first-order valence-corrected chi connectivity index (χ1v) is 4.91. The smallest absolute Gasteiger partial charge is 0.226 e. The van der Waals surface area contributed by atoms with Crippen molar-refractivity contribution in [1.82, 2.24) is 4.90 Å². The van der Waals surface area contributed by atoms with Gasteiger partial charge in [0.05, 0.1) is 17.9 Å². The molecular weight excluding hydrogens is 178 g/mol. The Morgan fingerprint density at radius 1 is 1.64 bits per heavy atom. The van der Waals surface area contributed by atoms with Gasteiger partial charge in [-0.3, -0.25) is 4.79 Å². The van der Waals surface area contributed by atoms with E-state index < -0.39 is 0 Å². The molecule has 2 N–H and O–H groups in total. The molecule has 0 aliphatic heterocycles. The van der Waals surface area contributed by atoms with Crippen LogP contribution in [0.15, 0.2) is 0 Å². The third kappa shape index (κ3) is 3.75. The molecule has 0 rings (SSSR count). The van der Waals surface area contributed by atoms with Crippen molar-refractivity contribution in [2.24, 2.45) is 17.6 Å². The van der Waals surface area contributed by atoms with Crippen LogP contribution in [0.25, 0.3) is 0 Å². The van der Waals surface area contributed by atoms with Crippen LogP contribution >= 0.6 is 0 Å². The Hall–Kier alpha value is -1.08. The van der Waals surface area contributed by atoms with Crippen LogP contribution in [0.5, 0.6) is 0 Å². The summed E-state index contributed by atoms with van der Waals surface area (Å²) >= 11 is 0. The molecule has 0 saturated heterocycles. The van der Waals surface area contributed by atoms with Crippen LogP contribution in [0.1, 0.15) is 20.3 Å². The summed E-state index contributed by atoms with van der Waals surface area (Å²) in [5.74, 6) is -0.192. The summed E-state index contributed by atoms with van der Waals surface area (Å²) in [6, 6.07) is 2.10.